The fourth-order valence-corrected chi connectivity index (χ4v) is 3.80. The number of fused-ring (bicyclic) bond motifs is 1. The third-order valence-corrected chi connectivity index (χ3v) is 4.94. The molecule has 88 valence electrons. The Morgan fingerprint density at radius 2 is 2.00 bits per heavy atom. The van der Waals surface area contributed by atoms with Gasteiger partial charge in [-0.25, -0.2) is 0 Å². The Hall–Kier alpha value is -1.05. The maximum Gasteiger partial charge on any atom is 0.162 e. The second-order valence-corrected chi connectivity index (χ2v) is 5.74. The lowest BCUT2D eigenvalue weighted by molar-refractivity contribution is 0.411. The predicted molar refractivity (Wildman–Crippen MR) is 69.4 cm³/mol. The number of hydrogen-bond donors (Lipinski definition) is 0. The smallest absolute Gasteiger partial charge is 0.162 e. The van der Waals surface area contributed by atoms with Crippen LogP contribution in [0.3, 0.4) is 0 Å². The Bertz CT molecular complexity index is 486. The van der Waals surface area contributed by atoms with Gasteiger partial charge in [-0.2, -0.15) is 9.64 Å². The number of anilines is 1. The molecule has 0 amide bonds. The molecule has 1 fully saturated rings. The molecule has 0 aromatic carbocycles. The zero-order chi connectivity index (χ0) is 11.8. The zero-order valence-corrected chi connectivity index (χ0v) is 10.8. The zero-order valence-electron chi connectivity index (χ0n) is 9.27. The summed E-state index contributed by atoms with van der Waals surface area (Å²) in [5, 5.41) is 10.4. The largest absolute Gasteiger partial charge is 0.360 e. The Labute approximate surface area is 109 Å². The minimum atomic E-state index is 0.348. The summed E-state index contributed by atoms with van der Waals surface area (Å²) in [5.74, 6) is 1.46. The van der Waals surface area contributed by atoms with E-state index >= 15 is 0 Å². The van der Waals surface area contributed by atoms with Crippen molar-refractivity contribution in [3.05, 3.63) is 22.9 Å². The fraction of sp³-hybridized carbons (Fsp3) is 0.500. The maximum atomic E-state index is 9.10. The second kappa shape index (κ2) is 4.32. The van der Waals surface area contributed by atoms with Gasteiger partial charge in [0.2, 0.25) is 0 Å². The first kappa shape index (κ1) is 11.1. The maximum absolute atomic E-state index is 9.10. The van der Waals surface area contributed by atoms with Crippen LogP contribution in [0.1, 0.15) is 18.4 Å². The van der Waals surface area contributed by atoms with Crippen molar-refractivity contribution in [2.24, 2.45) is 11.8 Å². The average Bonchev–Trinajstić information content (AvgIpc) is 2.91. The summed E-state index contributed by atoms with van der Waals surface area (Å²) in [6, 6.07) is 2.16. The summed E-state index contributed by atoms with van der Waals surface area (Å²) in [7, 11) is 0. The molecule has 1 saturated heterocycles. The van der Waals surface area contributed by atoms with Gasteiger partial charge in [-0.3, -0.25) is 0 Å². The van der Waals surface area contributed by atoms with Crippen molar-refractivity contribution in [1.82, 2.24) is 4.37 Å². The van der Waals surface area contributed by atoms with Gasteiger partial charge in [-0.1, -0.05) is 23.8 Å². The van der Waals surface area contributed by atoms with E-state index in [-0.39, 0.29) is 0 Å². The molecule has 3 rings (SSSR count). The summed E-state index contributed by atoms with van der Waals surface area (Å²) in [6.45, 7) is 2.06. The number of allylic oxidation sites excluding steroid dienone is 2. The molecule has 1 aliphatic carbocycles. The van der Waals surface area contributed by atoms with Gasteiger partial charge in [0.05, 0.1) is 0 Å². The monoisotopic (exact) mass is 265 g/mol. The highest BCUT2D eigenvalue weighted by molar-refractivity contribution is 7.10. The van der Waals surface area contributed by atoms with Gasteiger partial charge < -0.3 is 4.90 Å². The van der Waals surface area contributed by atoms with Crippen LogP contribution >= 0.6 is 23.1 Å². The minimum Gasteiger partial charge on any atom is -0.360 e. The topological polar surface area (TPSA) is 39.9 Å². The first-order chi connectivity index (χ1) is 8.29. The second-order valence-electron chi connectivity index (χ2n) is 4.63. The summed E-state index contributed by atoms with van der Waals surface area (Å²) in [5.41, 5.74) is 0.545. The van der Waals surface area contributed by atoms with Crippen LogP contribution in [0.15, 0.2) is 12.2 Å². The van der Waals surface area contributed by atoms with Crippen molar-refractivity contribution in [1.29, 1.82) is 5.26 Å². The van der Waals surface area contributed by atoms with Crippen LogP contribution in [-0.2, 0) is 0 Å². The highest BCUT2D eigenvalue weighted by Gasteiger charge is 2.34. The first-order valence-electron chi connectivity index (χ1n) is 5.75. The van der Waals surface area contributed by atoms with Gasteiger partial charge >= 0.3 is 0 Å². The lowest BCUT2D eigenvalue weighted by atomic mass is 9.86. The van der Waals surface area contributed by atoms with Crippen molar-refractivity contribution in [3.63, 3.8) is 0 Å². The highest BCUT2D eigenvalue weighted by atomic mass is 35.5. The van der Waals surface area contributed by atoms with E-state index in [9.17, 15) is 0 Å². The Morgan fingerprint density at radius 3 is 2.59 bits per heavy atom. The van der Waals surface area contributed by atoms with E-state index in [0.29, 0.717) is 10.7 Å². The van der Waals surface area contributed by atoms with Gasteiger partial charge in [0.25, 0.3) is 0 Å². The van der Waals surface area contributed by atoms with Crippen molar-refractivity contribution in [3.8, 4) is 6.07 Å². The van der Waals surface area contributed by atoms with Gasteiger partial charge in [0, 0.05) is 13.1 Å². The molecule has 5 heteroatoms. The molecule has 1 aliphatic heterocycles. The molecule has 2 unspecified atom stereocenters. The number of hydrogen-bond acceptors (Lipinski definition) is 4. The molecular weight excluding hydrogens is 254 g/mol. The molecule has 2 atom stereocenters. The van der Waals surface area contributed by atoms with E-state index in [1.54, 1.807) is 0 Å². The van der Waals surface area contributed by atoms with Crippen LogP contribution in [0.2, 0.25) is 5.15 Å². The number of halogens is 1. The predicted octanol–water partition coefficient (Wildman–Crippen LogP) is 3.07. The van der Waals surface area contributed by atoms with E-state index in [1.807, 2.05) is 0 Å². The molecule has 1 aromatic heterocycles. The van der Waals surface area contributed by atoms with Crippen molar-refractivity contribution in [2.45, 2.75) is 12.8 Å². The Morgan fingerprint density at radius 1 is 1.35 bits per heavy atom. The normalized spacial score (nSPS) is 26.9. The number of rotatable bonds is 1. The molecule has 0 spiro atoms. The standard InChI is InChI=1S/C12H12ClN3S/c13-11-10(5-14)12(17-15-11)16-6-8-3-1-2-4-9(8)7-16/h1-2,8-9H,3-4,6-7H2. The summed E-state index contributed by atoms with van der Waals surface area (Å²) in [4.78, 5) is 2.28. The van der Waals surface area contributed by atoms with E-state index in [2.05, 4.69) is 27.5 Å². The van der Waals surface area contributed by atoms with Crippen molar-refractivity contribution in [2.75, 3.05) is 18.0 Å². The van der Waals surface area contributed by atoms with E-state index in [1.165, 1.54) is 11.5 Å². The van der Waals surface area contributed by atoms with Crippen LogP contribution in [0.4, 0.5) is 5.00 Å². The van der Waals surface area contributed by atoms with Crippen molar-refractivity contribution < 1.29 is 0 Å². The van der Waals surface area contributed by atoms with Gasteiger partial charge in [-0.05, 0) is 36.2 Å². The molecule has 1 aromatic rings. The third kappa shape index (κ3) is 1.84. The third-order valence-electron chi connectivity index (χ3n) is 3.65. The van der Waals surface area contributed by atoms with Crippen LogP contribution in [0.5, 0.6) is 0 Å². The molecule has 2 aliphatic rings. The van der Waals surface area contributed by atoms with Crippen LogP contribution < -0.4 is 4.90 Å². The quantitative estimate of drug-likeness (QED) is 0.733. The molecule has 0 bridgehead atoms. The van der Waals surface area contributed by atoms with Crippen LogP contribution in [0, 0.1) is 23.2 Å². The molecular formula is C12H12ClN3S. The Kier molecular flexibility index (Phi) is 2.81. The summed E-state index contributed by atoms with van der Waals surface area (Å²) in [6.07, 6.45) is 6.87. The lowest BCUT2D eigenvalue weighted by Gasteiger charge is -2.17. The summed E-state index contributed by atoms with van der Waals surface area (Å²) < 4.78 is 4.08. The van der Waals surface area contributed by atoms with Gasteiger partial charge in [0.1, 0.15) is 16.6 Å². The van der Waals surface area contributed by atoms with E-state index < -0.39 is 0 Å². The Balaban J connectivity index is 1.85. The van der Waals surface area contributed by atoms with Crippen LogP contribution in [0.25, 0.3) is 0 Å². The fourth-order valence-electron chi connectivity index (χ4n) is 2.75. The van der Waals surface area contributed by atoms with Crippen molar-refractivity contribution >= 4 is 28.1 Å². The molecule has 17 heavy (non-hydrogen) atoms. The number of nitriles is 1. The molecule has 3 nitrogen and oxygen atoms in total. The van der Waals surface area contributed by atoms with E-state index in [4.69, 9.17) is 16.9 Å². The van der Waals surface area contributed by atoms with Gasteiger partial charge in [0.15, 0.2) is 5.15 Å². The van der Waals surface area contributed by atoms with Gasteiger partial charge in [-0.15, -0.1) is 0 Å². The van der Waals surface area contributed by atoms with E-state index in [0.717, 1.165) is 42.8 Å². The first-order valence-corrected chi connectivity index (χ1v) is 6.90. The minimum absolute atomic E-state index is 0.348. The highest BCUT2D eigenvalue weighted by Crippen LogP contribution is 2.39. The number of nitrogens with zero attached hydrogens (tertiary/aromatic N) is 3. The average molecular weight is 266 g/mol. The molecule has 2 heterocycles. The molecule has 0 radical (unpaired) electrons. The van der Waals surface area contributed by atoms with Crippen LogP contribution in [-0.4, -0.2) is 17.5 Å². The lowest BCUT2D eigenvalue weighted by Crippen LogP contribution is -2.19. The SMILES string of the molecule is N#Cc1c(Cl)nsc1N1CC2CC=CCC2C1. The molecule has 0 saturated carbocycles. The molecule has 0 N–H and O–H groups in total. The number of aromatic nitrogens is 1. The summed E-state index contributed by atoms with van der Waals surface area (Å²) >= 11 is 7.26.